The molecule has 3 unspecified atom stereocenters. The summed E-state index contributed by atoms with van der Waals surface area (Å²) in [6.07, 6.45) is 0.428. The third kappa shape index (κ3) is 5.27. The molecule has 138 valence electrons. The number of rotatable bonds is 6. The Hall–Kier alpha value is -0.510. The van der Waals surface area contributed by atoms with Crippen molar-refractivity contribution in [3.8, 4) is 0 Å². The molecule has 0 radical (unpaired) electrons. The minimum absolute atomic E-state index is 0.0509. The van der Waals surface area contributed by atoms with Crippen LogP contribution >= 0.6 is 57.6 Å². The molecule has 8 heteroatoms. The quantitative estimate of drug-likeness (QED) is 0.486. The zero-order valence-corrected chi connectivity index (χ0v) is 18.1. The largest absolute Gasteiger partial charge is 0.480 e. The number of aliphatic carboxylic acids is 1. The van der Waals surface area contributed by atoms with Crippen LogP contribution in [-0.4, -0.2) is 28.4 Å². The zero-order chi connectivity index (χ0) is 18.7. The van der Waals surface area contributed by atoms with Crippen LogP contribution in [0.2, 0.25) is 10.0 Å². The van der Waals surface area contributed by atoms with Crippen molar-refractivity contribution in [3.63, 3.8) is 0 Å². The van der Waals surface area contributed by atoms with Crippen molar-refractivity contribution >= 4 is 63.5 Å². The minimum Gasteiger partial charge on any atom is -0.480 e. The third-order valence-corrected chi connectivity index (χ3v) is 6.54. The second-order valence-electron chi connectivity index (χ2n) is 5.99. The first kappa shape index (κ1) is 20.2. The summed E-state index contributed by atoms with van der Waals surface area (Å²) in [5, 5.41) is 17.4. The number of nitrogens with one attached hydrogen (secondary N) is 2. The average Bonchev–Trinajstić information content (AvgIpc) is 3.04. The molecule has 0 saturated carbocycles. The van der Waals surface area contributed by atoms with Crippen LogP contribution in [0.25, 0.3) is 0 Å². The summed E-state index contributed by atoms with van der Waals surface area (Å²) in [6, 6.07) is 12.7. The third-order valence-electron chi connectivity index (χ3n) is 4.12. The normalized spacial score (nSPS) is 20.9. The molecule has 1 saturated heterocycles. The Balaban J connectivity index is 1.63. The van der Waals surface area contributed by atoms with E-state index in [4.69, 9.17) is 23.2 Å². The van der Waals surface area contributed by atoms with E-state index in [1.54, 1.807) is 17.8 Å². The highest BCUT2D eigenvalue weighted by Gasteiger charge is 2.30. The van der Waals surface area contributed by atoms with Gasteiger partial charge in [-0.25, -0.2) is 0 Å². The number of thioether (sulfide) groups is 1. The molecule has 4 nitrogen and oxygen atoms in total. The first-order valence-corrected chi connectivity index (χ1v) is 10.9. The van der Waals surface area contributed by atoms with E-state index in [1.807, 2.05) is 36.4 Å². The highest BCUT2D eigenvalue weighted by molar-refractivity contribution is 14.1. The maximum Gasteiger partial charge on any atom is 0.321 e. The molecule has 0 spiro atoms. The van der Waals surface area contributed by atoms with Crippen LogP contribution in [0.1, 0.15) is 17.2 Å². The molecule has 2 aromatic rings. The smallest absolute Gasteiger partial charge is 0.321 e. The summed E-state index contributed by atoms with van der Waals surface area (Å²) in [7, 11) is 0. The van der Waals surface area contributed by atoms with Gasteiger partial charge in [-0.3, -0.25) is 15.4 Å². The molecular formula is C18H17Cl2IN2O2S. The Kier molecular flexibility index (Phi) is 7.10. The summed E-state index contributed by atoms with van der Waals surface area (Å²) in [5.41, 5.74) is 1.81. The number of hydrogen-bond donors (Lipinski definition) is 3. The second-order valence-corrected chi connectivity index (χ2v) is 9.21. The van der Waals surface area contributed by atoms with E-state index in [1.165, 1.54) is 0 Å². The van der Waals surface area contributed by atoms with Gasteiger partial charge >= 0.3 is 5.97 Å². The Morgan fingerprint density at radius 3 is 2.69 bits per heavy atom. The highest BCUT2D eigenvalue weighted by Crippen LogP contribution is 2.33. The molecule has 0 aliphatic carbocycles. The molecule has 1 fully saturated rings. The predicted octanol–water partition coefficient (Wildman–Crippen LogP) is 4.54. The molecule has 1 aliphatic heterocycles. The Bertz CT molecular complexity index is 791. The number of halogens is 3. The van der Waals surface area contributed by atoms with Crippen LogP contribution in [0.3, 0.4) is 0 Å². The number of benzene rings is 2. The summed E-state index contributed by atoms with van der Waals surface area (Å²) in [4.78, 5) is 11.7. The van der Waals surface area contributed by atoms with E-state index in [-0.39, 0.29) is 11.5 Å². The lowest BCUT2D eigenvalue weighted by Gasteiger charge is -2.21. The Labute approximate surface area is 180 Å². The van der Waals surface area contributed by atoms with Crippen molar-refractivity contribution in [2.45, 2.75) is 24.0 Å². The van der Waals surface area contributed by atoms with Crippen molar-refractivity contribution in [3.05, 3.63) is 67.2 Å². The fraction of sp³-hybridized carbons (Fsp3) is 0.278. The van der Waals surface area contributed by atoms with E-state index in [9.17, 15) is 9.90 Å². The van der Waals surface area contributed by atoms with E-state index < -0.39 is 12.0 Å². The first-order valence-electron chi connectivity index (χ1n) is 7.98. The van der Waals surface area contributed by atoms with Crippen LogP contribution in [0.5, 0.6) is 0 Å². The number of carboxylic acid groups (broad SMARTS) is 1. The van der Waals surface area contributed by atoms with Gasteiger partial charge < -0.3 is 5.11 Å². The van der Waals surface area contributed by atoms with Crippen molar-refractivity contribution in [2.24, 2.45) is 0 Å². The van der Waals surface area contributed by atoms with Crippen LogP contribution < -0.4 is 10.6 Å². The molecule has 0 amide bonds. The molecule has 1 aliphatic rings. The van der Waals surface area contributed by atoms with Gasteiger partial charge in [-0.05, 0) is 64.4 Å². The second kappa shape index (κ2) is 9.12. The van der Waals surface area contributed by atoms with E-state index in [0.717, 1.165) is 20.4 Å². The molecule has 3 N–H and O–H groups in total. The van der Waals surface area contributed by atoms with Crippen molar-refractivity contribution < 1.29 is 9.90 Å². The number of carbonyl (C=O) groups is 1. The summed E-state index contributed by atoms with van der Waals surface area (Å²) in [5.74, 6) is -0.0616. The Morgan fingerprint density at radius 1 is 1.31 bits per heavy atom. The topological polar surface area (TPSA) is 61.4 Å². The Morgan fingerprint density at radius 2 is 2.04 bits per heavy atom. The summed E-state index contributed by atoms with van der Waals surface area (Å²) < 4.78 is 1.13. The predicted molar refractivity (Wildman–Crippen MR) is 116 cm³/mol. The average molecular weight is 523 g/mol. The lowest BCUT2D eigenvalue weighted by atomic mass is 10.1. The zero-order valence-electron chi connectivity index (χ0n) is 13.6. The number of hydrogen-bond acceptors (Lipinski definition) is 4. The van der Waals surface area contributed by atoms with E-state index >= 15 is 0 Å². The first-order chi connectivity index (χ1) is 12.4. The van der Waals surface area contributed by atoms with Gasteiger partial charge in [0.25, 0.3) is 0 Å². The maximum absolute atomic E-state index is 11.7. The van der Waals surface area contributed by atoms with Gasteiger partial charge in [0.1, 0.15) is 11.5 Å². The molecule has 1 heterocycles. The van der Waals surface area contributed by atoms with Crippen LogP contribution in [0.4, 0.5) is 0 Å². The van der Waals surface area contributed by atoms with Gasteiger partial charge in [-0.2, -0.15) is 0 Å². The molecular weight excluding hydrogens is 506 g/mol. The van der Waals surface area contributed by atoms with Crippen molar-refractivity contribution in [2.75, 3.05) is 5.75 Å². The van der Waals surface area contributed by atoms with Crippen molar-refractivity contribution in [1.29, 1.82) is 0 Å². The van der Waals surface area contributed by atoms with Gasteiger partial charge in [0.2, 0.25) is 0 Å². The van der Waals surface area contributed by atoms with Gasteiger partial charge in [0.05, 0.1) is 0 Å². The lowest BCUT2D eigenvalue weighted by molar-refractivity contribution is -0.139. The SMILES string of the molecule is O=C(O)C(Cc1ccc(I)cc1)NC1NC(c2ccc(Cl)cc2Cl)CS1. The van der Waals surface area contributed by atoms with Gasteiger partial charge in [0, 0.05) is 25.4 Å². The maximum atomic E-state index is 11.7. The molecule has 3 rings (SSSR count). The highest BCUT2D eigenvalue weighted by atomic mass is 127. The van der Waals surface area contributed by atoms with Gasteiger partial charge in [-0.15, -0.1) is 11.8 Å². The van der Waals surface area contributed by atoms with Crippen LogP contribution in [0.15, 0.2) is 42.5 Å². The van der Waals surface area contributed by atoms with Crippen LogP contribution in [-0.2, 0) is 11.2 Å². The van der Waals surface area contributed by atoms with E-state index in [2.05, 4.69) is 33.2 Å². The molecule has 0 aromatic heterocycles. The summed E-state index contributed by atoms with van der Waals surface area (Å²) in [6.45, 7) is 0. The fourth-order valence-electron chi connectivity index (χ4n) is 2.79. The molecule has 26 heavy (non-hydrogen) atoms. The molecule has 3 atom stereocenters. The van der Waals surface area contributed by atoms with Crippen molar-refractivity contribution in [1.82, 2.24) is 10.6 Å². The minimum atomic E-state index is -0.862. The number of carboxylic acids is 1. The van der Waals surface area contributed by atoms with Gasteiger partial charge in [0.15, 0.2) is 0 Å². The molecule has 2 aromatic carbocycles. The monoisotopic (exact) mass is 522 g/mol. The standard InChI is InChI=1S/C18H17Cl2IN2O2S/c19-11-3-6-13(14(20)8-11)16-9-26-18(23-16)22-15(17(24)25)7-10-1-4-12(21)5-2-10/h1-6,8,15-16,18,22-23H,7,9H2,(H,24,25). The van der Waals surface area contributed by atoms with Crippen LogP contribution in [0, 0.1) is 3.57 Å². The van der Waals surface area contributed by atoms with E-state index in [0.29, 0.717) is 16.5 Å². The fourth-order valence-corrected chi connectivity index (χ4v) is 4.87. The van der Waals surface area contributed by atoms with Gasteiger partial charge in [-0.1, -0.05) is 41.4 Å². The summed E-state index contributed by atoms with van der Waals surface area (Å²) >= 11 is 16.1. The molecule has 0 bridgehead atoms. The lowest BCUT2D eigenvalue weighted by Crippen LogP contribution is -2.47.